The van der Waals surface area contributed by atoms with Gasteiger partial charge in [0.2, 0.25) is 0 Å². The zero-order valence-corrected chi connectivity index (χ0v) is 19.0. The lowest BCUT2D eigenvalue weighted by Gasteiger charge is -2.25. The highest BCUT2D eigenvalue weighted by atomic mass is 127. The summed E-state index contributed by atoms with van der Waals surface area (Å²) in [4.78, 5) is 9.28. The maximum Gasteiger partial charge on any atom is 0.193 e. The van der Waals surface area contributed by atoms with Gasteiger partial charge in [-0.15, -0.1) is 24.0 Å². The number of likely N-dealkylation sites (tertiary alicyclic amines) is 1. The van der Waals surface area contributed by atoms with E-state index in [0.717, 1.165) is 61.6 Å². The van der Waals surface area contributed by atoms with Crippen molar-refractivity contribution < 1.29 is 4.39 Å². The van der Waals surface area contributed by atoms with Crippen LogP contribution in [0.15, 0.2) is 39.8 Å². The monoisotopic (exact) mass is 536 g/mol. The van der Waals surface area contributed by atoms with Gasteiger partial charge in [-0.1, -0.05) is 34.1 Å². The lowest BCUT2D eigenvalue weighted by Crippen LogP contribution is -2.43. The molecular formula is C19H27BrFIN4. The standard InChI is InChI=1S/C19H26BrFN4.HI/c1-22-19(25-12-8-17(14-25)24-10-2-3-11-24)23-9-4-5-15-6-7-16(20)13-18(15)21;/h2-3,6-7,13,17H,4-5,8-12,14H2,1H3,(H,22,23);1H. The van der Waals surface area contributed by atoms with Crippen LogP contribution in [0.3, 0.4) is 0 Å². The molecule has 144 valence electrons. The van der Waals surface area contributed by atoms with E-state index in [4.69, 9.17) is 0 Å². The Balaban J connectivity index is 0.00000243. The largest absolute Gasteiger partial charge is 0.356 e. The van der Waals surface area contributed by atoms with Crippen LogP contribution in [0.5, 0.6) is 0 Å². The van der Waals surface area contributed by atoms with E-state index < -0.39 is 0 Å². The summed E-state index contributed by atoms with van der Waals surface area (Å²) in [5.41, 5.74) is 0.766. The number of rotatable bonds is 5. The summed E-state index contributed by atoms with van der Waals surface area (Å²) in [7, 11) is 1.83. The van der Waals surface area contributed by atoms with E-state index in [1.165, 1.54) is 12.5 Å². The van der Waals surface area contributed by atoms with Crippen LogP contribution >= 0.6 is 39.9 Å². The second-order valence-corrected chi connectivity index (χ2v) is 7.54. The molecular weight excluding hydrogens is 510 g/mol. The van der Waals surface area contributed by atoms with Gasteiger partial charge in [0.15, 0.2) is 5.96 Å². The van der Waals surface area contributed by atoms with E-state index in [9.17, 15) is 4.39 Å². The lowest BCUT2D eigenvalue weighted by atomic mass is 10.1. The molecule has 0 bridgehead atoms. The van der Waals surface area contributed by atoms with Crippen molar-refractivity contribution in [1.29, 1.82) is 0 Å². The Bertz CT molecular complexity index is 644. The summed E-state index contributed by atoms with van der Waals surface area (Å²) in [6, 6.07) is 5.88. The molecule has 4 nitrogen and oxygen atoms in total. The highest BCUT2D eigenvalue weighted by molar-refractivity contribution is 14.0. The summed E-state index contributed by atoms with van der Waals surface area (Å²) < 4.78 is 14.6. The smallest absolute Gasteiger partial charge is 0.193 e. The van der Waals surface area contributed by atoms with Crippen molar-refractivity contribution in [1.82, 2.24) is 15.1 Å². The highest BCUT2D eigenvalue weighted by Crippen LogP contribution is 2.18. The van der Waals surface area contributed by atoms with Gasteiger partial charge in [-0.2, -0.15) is 0 Å². The van der Waals surface area contributed by atoms with Crippen LogP contribution in [0.2, 0.25) is 0 Å². The van der Waals surface area contributed by atoms with Crippen LogP contribution in [0.25, 0.3) is 0 Å². The predicted octanol–water partition coefficient (Wildman–Crippen LogP) is 3.66. The van der Waals surface area contributed by atoms with E-state index in [-0.39, 0.29) is 29.8 Å². The molecule has 2 heterocycles. The molecule has 0 spiro atoms. The van der Waals surface area contributed by atoms with Gasteiger partial charge < -0.3 is 10.2 Å². The summed E-state index contributed by atoms with van der Waals surface area (Å²) >= 11 is 3.29. The van der Waals surface area contributed by atoms with Crippen LogP contribution in [0.1, 0.15) is 18.4 Å². The molecule has 2 aliphatic heterocycles. The quantitative estimate of drug-likeness (QED) is 0.205. The first-order chi connectivity index (χ1) is 12.2. The number of aryl methyl sites for hydroxylation is 1. The van der Waals surface area contributed by atoms with Gasteiger partial charge in [0, 0.05) is 50.3 Å². The topological polar surface area (TPSA) is 30.9 Å². The molecule has 1 saturated heterocycles. The third-order valence-electron chi connectivity index (χ3n) is 4.96. The maximum absolute atomic E-state index is 13.8. The highest BCUT2D eigenvalue weighted by Gasteiger charge is 2.29. The van der Waals surface area contributed by atoms with Gasteiger partial charge >= 0.3 is 0 Å². The second kappa shape index (κ2) is 10.6. The van der Waals surface area contributed by atoms with Crippen LogP contribution in [-0.4, -0.2) is 61.6 Å². The molecule has 1 atom stereocenters. The van der Waals surface area contributed by atoms with Gasteiger partial charge in [0.05, 0.1) is 0 Å². The average molecular weight is 537 g/mol. The molecule has 1 fully saturated rings. The van der Waals surface area contributed by atoms with Crippen molar-refractivity contribution in [2.24, 2.45) is 4.99 Å². The molecule has 2 aliphatic rings. The van der Waals surface area contributed by atoms with Crippen molar-refractivity contribution in [3.8, 4) is 0 Å². The van der Waals surface area contributed by atoms with E-state index in [1.807, 2.05) is 19.2 Å². The first-order valence-corrected chi connectivity index (χ1v) is 9.75. The van der Waals surface area contributed by atoms with Crippen LogP contribution < -0.4 is 5.32 Å². The van der Waals surface area contributed by atoms with Crippen molar-refractivity contribution in [2.45, 2.75) is 25.3 Å². The van der Waals surface area contributed by atoms with Gasteiger partial charge in [-0.3, -0.25) is 9.89 Å². The Morgan fingerprint density at radius 1 is 1.35 bits per heavy atom. The van der Waals surface area contributed by atoms with E-state index in [0.29, 0.717) is 6.04 Å². The fraction of sp³-hybridized carbons (Fsp3) is 0.526. The average Bonchev–Trinajstić information content (AvgIpc) is 3.27. The summed E-state index contributed by atoms with van der Waals surface area (Å²) in [6.07, 6.45) is 7.29. The van der Waals surface area contributed by atoms with Gasteiger partial charge in [-0.25, -0.2) is 4.39 Å². The maximum atomic E-state index is 13.8. The van der Waals surface area contributed by atoms with Crippen molar-refractivity contribution in [3.05, 3.63) is 46.2 Å². The zero-order valence-electron chi connectivity index (χ0n) is 15.1. The molecule has 1 aromatic rings. The summed E-state index contributed by atoms with van der Waals surface area (Å²) in [5, 5.41) is 3.43. The molecule has 26 heavy (non-hydrogen) atoms. The van der Waals surface area contributed by atoms with Gasteiger partial charge in [0.25, 0.3) is 0 Å². The Kier molecular flexibility index (Phi) is 8.83. The molecule has 1 unspecified atom stereocenters. The van der Waals surface area contributed by atoms with Crippen LogP contribution in [0, 0.1) is 5.82 Å². The first kappa shape index (κ1) is 21.6. The number of nitrogens with zero attached hydrogens (tertiary/aromatic N) is 3. The number of guanidine groups is 1. The van der Waals surface area contributed by atoms with Crippen molar-refractivity contribution in [3.63, 3.8) is 0 Å². The third-order valence-corrected chi connectivity index (χ3v) is 5.45. The Morgan fingerprint density at radius 2 is 2.12 bits per heavy atom. The fourth-order valence-corrected chi connectivity index (χ4v) is 3.89. The summed E-state index contributed by atoms with van der Waals surface area (Å²) in [6.45, 7) is 5.02. The number of halogens is 3. The molecule has 1 aromatic carbocycles. The minimum absolute atomic E-state index is 0. The molecule has 3 rings (SSSR count). The number of hydrogen-bond donors (Lipinski definition) is 1. The van der Waals surface area contributed by atoms with Gasteiger partial charge in [0.1, 0.15) is 5.82 Å². The van der Waals surface area contributed by atoms with Crippen molar-refractivity contribution in [2.75, 3.05) is 39.8 Å². The zero-order chi connectivity index (χ0) is 17.6. The van der Waals surface area contributed by atoms with E-state index in [1.54, 1.807) is 0 Å². The third kappa shape index (κ3) is 5.66. The van der Waals surface area contributed by atoms with Crippen LogP contribution in [0.4, 0.5) is 4.39 Å². The van der Waals surface area contributed by atoms with Crippen molar-refractivity contribution >= 4 is 45.9 Å². The number of nitrogens with one attached hydrogen (secondary N) is 1. The normalized spacial score (nSPS) is 20.5. The molecule has 0 saturated carbocycles. The minimum atomic E-state index is -0.139. The SMILES string of the molecule is CN=C(NCCCc1ccc(Br)cc1F)N1CCC(N2CC=CC2)C1.I. The van der Waals surface area contributed by atoms with E-state index in [2.05, 4.69) is 48.2 Å². The summed E-state index contributed by atoms with van der Waals surface area (Å²) in [5.74, 6) is 0.825. The minimum Gasteiger partial charge on any atom is -0.356 e. The van der Waals surface area contributed by atoms with Gasteiger partial charge in [-0.05, 0) is 37.0 Å². The fourth-order valence-electron chi connectivity index (χ4n) is 3.56. The molecule has 7 heteroatoms. The Labute approximate surface area is 181 Å². The predicted molar refractivity (Wildman–Crippen MR) is 120 cm³/mol. The lowest BCUT2D eigenvalue weighted by molar-refractivity contribution is 0.259. The van der Waals surface area contributed by atoms with E-state index >= 15 is 0 Å². The Morgan fingerprint density at radius 3 is 2.81 bits per heavy atom. The second-order valence-electron chi connectivity index (χ2n) is 6.63. The first-order valence-electron chi connectivity index (χ1n) is 8.96. The molecule has 0 amide bonds. The van der Waals surface area contributed by atoms with Crippen LogP contribution in [-0.2, 0) is 6.42 Å². The number of aliphatic imine (C=N–C) groups is 1. The number of hydrogen-bond acceptors (Lipinski definition) is 2. The number of benzene rings is 1. The molecule has 1 N–H and O–H groups in total. The molecule has 0 aliphatic carbocycles. The Hall–Kier alpha value is -0.670. The molecule has 0 radical (unpaired) electrons. The molecule has 0 aromatic heterocycles.